The molecule has 3 aliphatic heterocycles. The second kappa shape index (κ2) is 9.27. The van der Waals surface area contributed by atoms with Crippen molar-refractivity contribution >= 4 is 27.5 Å². The van der Waals surface area contributed by atoms with Crippen molar-refractivity contribution in [3.8, 4) is 0 Å². The molecule has 2 saturated heterocycles. The molecular weight excluding hydrogens is 436 g/mol. The molecule has 0 aromatic heterocycles. The number of carbonyl (C=O) groups excluding carboxylic acids is 1. The van der Waals surface area contributed by atoms with Gasteiger partial charge < -0.3 is 15.1 Å². The SMILES string of the molecule is O=C(Nc1ccc(CCN2CCCC2)cc1)C1CCCN(C2=NS(=O)(=O)c3ccccc32)C1. The number of piperidine rings is 1. The maximum Gasteiger partial charge on any atom is 0.285 e. The minimum atomic E-state index is -3.66. The summed E-state index contributed by atoms with van der Waals surface area (Å²) in [5.41, 5.74) is 2.71. The summed E-state index contributed by atoms with van der Waals surface area (Å²) in [6, 6.07) is 15.0. The molecule has 33 heavy (non-hydrogen) atoms. The number of nitrogens with zero attached hydrogens (tertiary/aromatic N) is 3. The second-order valence-corrected chi connectivity index (χ2v) is 10.7. The van der Waals surface area contributed by atoms with Crippen molar-refractivity contribution in [2.75, 3.05) is 38.0 Å². The smallest absolute Gasteiger partial charge is 0.285 e. The molecular formula is C25H30N4O3S. The monoisotopic (exact) mass is 466 g/mol. The second-order valence-electron chi connectivity index (χ2n) is 9.16. The van der Waals surface area contributed by atoms with Crippen LogP contribution in [-0.4, -0.2) is 62.7 Å². The quantitative estimate of drug-likeness (QED) is 0.732. The van der Waals surface area contributed by atoms with Crippen LogP contribution in [-0.2, 0) is 21.2 Å². The van der Waals surface area contributed by atoms with E-state index in [2.05, 4.69) is 26.7 Å². The van der Waals surface area contributed by atoms with Gasteiger partial charge in [-0.25, -0.2) is 0 Å². The van der Waals surface area contributed by atoms with Crippen LogP contribution in [0.1, 0.15) is 36.8 Å². The third-order valence-corrected chi connectivity index (χ3v) is 8.17. The van der Waals surface area contributed by atoms with Gasteiger partial charge >= 0.3 is 0 Å². The van der Waals surface area contributed by atoms with Crippen LogP contribution in [0.2, 0.25) is 0 Å². The Morgan fingerprint density at radius 2 is 1.76 bits per heavy atom. The molecule has 0 spiro atoms. The topological polar surface area (TPSA) is 82.1 Å². The van der Waals surface area contributed by atoms with Gasteiger partial charge in [0.2, 0.25) is 5.91 Å². The molecule has 5 rings (SSSR count). The van der Waals surface area contributed by atoms with Gasteiger partial charge in [-0.2, -0.15) is 8.42 Å². The van der Waals surface area contributed by atoms with E-state index in [0.717, 1.165) is 31.5 Å². The Labute approximate surface area is 195 Å². The molecule has 0 aliphatic carbocycles. The number of amides is 1. The molecule has 1 atom stereocenters. The van der Waals surface area contributed by atoms with Crippen molar-refractivity contribution in [1.82, 2.24) is 9.80 Å². The fourth-order valence-electron chi connectivity index (χ4n) is 4.99. The highest BCUT2D eigenvalue weighted by Crippen LogP contribution is 2.30. The molecule has 7 nitrogen and oxygen atoms in total. The lowest BCUT2D eigenvalue weighted by Crippen LogP contribution is -2.43. The zero-order valence-electron chi connectivity index (χ0n) is 18.7. The Morgan fingerprint density at radius 3 is 2.55 bits per heavy atom. The molecule has 2 fully saturated rings. The summed E-state index contributed by atoms with van der Waals surface area (Å²) in [6.07, 6.45) is 5.23. The Kier molecular flexibility index (Phi) is 6.21. The molecule has 0 saturated carbocycles. The maximum absolute atomic E-state index is 13.0. The van der Waals surface area contributed by atoms with E-state index >= 15 is 0 Å². The molecule has 0 radical (unpaired) electrons. The number of hydrogen-bond donors (Lipinski definition) is 1. The predicted octanol–water partition coefficient (Wildman–Crippen LogP) is 3.12. The zero-order chi connectivity index (χ0) is 22.8. The van der Waals surface area contributed by atoms with Gasteiger partial charge in [-0.05, 0) is 75.0 Å². The highest BCUT2D eigenvalue weighted by Gasteiger charge is 2.35. The lowest BCUT2D eigenvalue weighted by molar-refractivity contribution is -0.121. The van der Waals surface area contributed by atoms with Crippen LogP contribution in [0.3, 0.4) is 0 Å². The number of hydrogen-bond acceptors (Lipinski definition) is 5. The third-order valence-electron chi connectivity index (χ3n) is 6.84. The van der Waals surface area contributed by atoms with Gasteiger partial charge in [0.15, 0.2) is 5.84 Å². The van der Waals surface area contributed by atoms with Crippen LogP contribution in [0, 0.1) is 5.92 Å². The number of likely N-dealkylation sites (tertiary alicyclic amines) is 2. The van der Waals surface area contributed by atoms with Crippen molar-refractivity contribution < 1.29 is 13.2 Å². The number of nitrogens with one attached hydrogen (secondary N) is 1. The van der Waals surface area contributed by atoms with E-state index < -0.39 is 10.0 Å². The van der Waals surface area contributed by atoms with Gasteiger partial charge in [0.25, 0.3) is 10.0 Å². The van der Waals surface area contributed by atoms with Gasteiger partial charge in [-0.15, -0.1) is 4.40 Å². The van der Waals surface area contributed by atoms with Crippen LogP contribution in [0.15, 0.2) is 57.8 Å². The van der Waals surface area contributed by atoms with Crippen molar-refractivity contribution in [1.29, 1.82) is 0 Å². The standard InChI is InChI=1S/C25H30N4O3S/c30-25(26-21-11-9-19(10-12-21)13-17-28-14-3-4-15-28)20-6-5-16-29(18-20)24-22-7-1-2-8-23(22)33(31,32)27-24/h1-2,7-12,20H,3-6,13-18H2,(H,26,30). The zero-order valence-corrected chi connectivity index (χ0v) is 19.6. The lowest BCUT2D eigenvalue weighted by atomic mass is 9.96. The normalized spacial score (nSPS) is 22.1. The summed E-state index contributed by atoms with van der Waals surface area (Å²) in [5.74, 6) is 0.219. The molecule has 3 heterocycles. The predicted molar refractivity (Wildman–Crippen MR) is 129 cm³/mol. The Bertz CT molecular complexity index is 1150. The molecule has 2 aromatic carbocycles. The first kappa shape index (κ1) is 22.1. The van der Waals surface area contributed by atoms with E-state index in [1.165, 1.54) is 31.5 Å². The van der Waals surface area contributed by atoms with Crippen molar-refractivity contribution in [2.24, 2.45) is 10.3 Å². The largest absolute Gasteiger partial charge is 0.355 e. The van der Waals surface area contributed by atoms with Crippen LogP contribution >= 0.6 is 0 Å². The van der Waals surface area contributed by atoms with E-state index in [4.69, 9.17) is 0 Å². The number of carbonyl (C=O) groups is 1. The van der Waals surface area contributed by atoms with Gasteiger partial charge in [0.05, 0.1) is 5.92 Å². The van der Waals surface area contributed by atoms with E-state index in [1.54, 1.807) is 18.2 Å². The Balaban J connectivity index is 1.20. The maximum atomic E-state index is 13.0. The number of fused-ring (bicyclic) bond motifs is 1. The summed E-state index contributed by atoms with van der Waals surface area (Å²) >= 11 is 0. The van der Waals surface area contributed by atoms with E-state index in [1.807, 2.05) is 23.1 Å². The van der Waals surface area contributed by atoms with Crippen molar-refractivity contribution in [3.63, 3.8) is 0 Å². The van der Waals surface area contributed by atoms with Crippen LogP contribution < -0.4 is 5.32 Å². The number of benzene rings is 2. The average molecular weight is 467 g/mol. The van der Waals surface area contributed by atoms with E-state index in [9.17, 15) is 13.2 Å². The number of amidine groups is 1. The summed E-state index contributed by atoms with van der Waals surface area (Å²) in [6.45, 7) is 4.65. The minimum absolute atomic E-state index is 0.0285. The van der Waals surface area contributed by atoms with Gasteiger partial charge in [0.1, 0.15) is 4.90 Å². The van der Waals surface area contributed by atoms with Crippen LogP contribution in [0.4, 0.5) is 5.69 Å². The summed E-state index contributed by atoms with van der Waals surface area (Å²) in [4.78, 5) is 17.7. The van der Waals surface area contributed by atoms with E-state index in [0.29, 0.717) is 24.5 Å². The highest BCUT2D eigenvalue weighted by molar-refractivity contribution is 7.90. The van der Waals surface area contributed by atoms with Gasteiger partial charge in [-0.1, -0.05) is 24.3 Å². The van der Waals surface area contributed by atoms with Gasteiger partial charge in [0, 0.05) is 30.9 Å². The van der Waals surface area contributed by atoms with Crippen molar-refractivity contribution in [3.05, 3.63) is 59.7 Å². The highest BCUT2D eigenvalue weighted by atomic mass is 32.2. The lowest BCUT2D eigenvalue weighted by Gasteiger charge is -2.33. The fraction of sp³-hybridized carbons (Fsp3) is 0.440. The molecule has 3 aliphatic rings. The van der Waals surface area contributed by atoms with Gasteiger partial charge in [-0.3, -0.25) is 4.79 Å². The Morgan fingerprint density at radius 1 is 1.00 bits per heavy atom. The van der Waals surface area contributed by atoms with Crippen molar-refractivity contribution in [2.45, 2.75) is 37.0 Å². The summed E-state index contributed by atoms with van der Waals surface area (Å²) in [7, 11) is -3.66. The molecule has 174 valence electrons. The third kappa shape index (κ3) is 4.82. The number of anilines is 1. The number of rotatable bonds is 5. The van der Waals surface area contributed by atoms with Crippen LogP contribution in [0.5, 0.6) is 0 Å². The number of sulfonamides is 1. The van der Waals surface area contributed by atoms with Crippen LogP contribution in [0.25, 0.3) is 0 Å². The molecule has 1 amide bonds. The molecule has 1 unspecified atom stereocenters. The first-order valence-corrected chi connectivity index (χ1v) is 13.3. The van der Waals surface area contributed by atoms with E-state index in [-0.39, 0.29) is 16.7 Å². The molecule has 8 heteroatoms. The minimum Gasteiger partial charge on any atom is -0.355 e. The summed E-state index contributed by atoms with van der Waals surface area (Å²) < 4.78 is 28.9. The Hall–Kier alpha value is -2.71. The molecule has 0 bridgehead atoms. The average Bonchev–Trinajstić information content (AvgIpc) is 3.45. The first-order valence-electron chi connectivity index (χ1n) is 11.8. The molecule has 1 N–H and O–H groups in total. The first-order chi connectivity index (χ1) is 16.0. The fourth-order valence-corrected chi connectivity index (χ4v) is 6.22. The molecule has 2 aromatic rings. The summed E-state index contributed by atoms with van der Waals surface area (Å²) in [5, 5.41) is 3.05.